The molecule has 2 rings (SSSR count). The maximum atomic E-state index is 5.88. The first-order chi connectivity index (χ1) is 5.88. The van der Waals surface area contributed by atoms with Gasteiger partial charge >= 0.3 is 0 Å². The topological polar surface area (TPSA) is 26.0 Å². The van der Waals surface area contributed by atoms with E-state index in [9.17, 15) is 0 Å². The van der Waals surface area contributed by atoms with E-state index in [1.807, 2.05) is 13.8 Å². The fourth-order valence-corrected chi connectivity index (χ4v) is 1.87. The SMILES string of the molecule is CC.N[C@H]1CCC2=C1C=CCC2. The molecule has 0 spiro atoms. The average molecular weight is 165 g/mol. The highest BCUT2D eigenvalue weighted by Gasteiger charge is 2.20. The third kappa shape index (κ3) is 1.78. The van der Waals surface area contributed by atoms with Crippen molar-refractivity contribution in [2.75, 3.05) is 0 Å². The molecule has 0 bridgehead atoms. The van der Waals surface area contributed by atoms with Crippen LogP contribution in [0.3, 0.4) is 0 Å². The van der Waals surface area contributed by atoms with Crippen LogP contribution in [0.15, 0.2) is 23.3 Å². The summed E-state index contributed by atoms with van der Waals surface area (Å²) in [7, 11) is 0. The number of hydrogen-bond donors (Lipinski definition) is 1. The highest BCUT2D eigenvalue weighted by molar-refractivity contribution is 5.37. The summed E-state index contributed by atoms with van der Waals surface area (Å²) in [6.07, 6.45) is 9.38. The van der Waals surface area contributed by atoms with Crippen LogP contribution in [0.5, 0.6) is 0 Å². The van der Waals surface area contributed by atoms with Crippen molar-refractivity contribution in [1.29, 1.82) is 0 Å². The van der Waals surface area contributed by atoms with E-state index in [2.05, 4.69) is 12.2 Å². The fourth-order valence-electron chi connectivity index (χ4n) is 1.87. The molecule has 2 aliphatic rings. The average Bonchev–Trinajstić information content (AvgIpc) is 2.53. The largest absolute Gasteiger partial charge is 0.324 e. The van der Waals surface area contributed by atoms with Gasteiger partial charge in [0.2, 0.25) is 0 Å². The van der Waals surface area contributed by atoms with Crippen LogP contribution in [0, 0.1) is 0 Å². The molecule has 1 nitrogen and oxygen atoms in total. The van der Waals surface area contributed by atoms with Crippen LogP contribution in [-0.4, -0.2) is 6.04 Å². The van der Waals surface area contributed by atoms with E-state index < -0.39 is 0 Å². The fraction of sp³-hybridized carbons (Fsp3) is 0.636. The molecule has 1 heteroatoms. The first-order valence-electron chi connectivity index (χ1n) is 5.02. The van der Waals surface area contributed by atoms with Gasteiger partial charge in [-0.1, -0.05) is 31.6 Å². The molecule has 0 fully saturated rings. The highest BCUT2D eigenvalue weighted by atomic mass is 14.6. The molecule has 1 atom stereocenters. The zero-order valence-electron chi connectivity index (χ0n) is 8.14. The molecule has 0 saturated carbocycles. The summed E-state index contributed by atoms with van der Waals surface area (Å²) in [6.45, 7) is 4.00. The molecule has 0 amide bonds. The number of nitrogens with two attached hydrogens (primary N) is 1. The Labute approximate surface area is 75.3 Å². The third-order valence-electron chi connectivity index (χ3n) is 2.48. The second kappa shape index (κ2) is 4.46. The zero-order chi connectivity index (χ0) is 8.97. The minimum Gasteiger partial charge on any atom is -0.324 e. The Morgan fingerprint density at radius 2 is 2.08 bits per heavy atom. The maximum Gasteiger partial charge on any atom is 0.0297 e. The zero-order valence-corrected chi connectivity index (χ0v) is 8.14. The van der Waals surface area contributed by atoms with Crippen LogP contribution in [0.25, 0.3) is 0 Å². The van der Waals surface area contributed by atoms with Gasteiger partial charge in [0.25, 0.3) is 0 Å². The van der Waals surface area contributed by atoms with Crippen LogP contribution in [-0.2, 0) is 0 Å². The van der Waals surface area contributed by atoms with Gasteiger partial charge in [-0.3, -0.25) is 0 Å². The molecule has 0 aromatic heterocycles. The third-order valence-corrected chi connectivity index (χ3v) is 2.48. The molecule has 12 heavy (non-hydrogen) atoms. The first-order valence-corrected chi connectivity index (χ1v) is 5.02. The van der Waals surface area contributed by atoms with E-state index >= 15 is 0 Å². The summed E-state index contributed by atoms with van der Waals surface area (Å²) in [5, 5.41) is 0. The van der Waals surface area contributed by atoms with Crippen LogP contribution in [0.1, 0.15) is 39.5 Å². The lowest BCUT2D eigenvalue weighted by molar-refractivity contribution is 0.756. The van der Waals surface area contributed by atoms with Crippen molar-refractivity contribution in [3.8, 4) is 0 Å². The van der Waals surface area contributed by atoms with Gasteiger partial charge in [0.05, 0.1) is 0 Å². The molecular formula is C11H19N. The van der Waals surface area contributed by atoms with E-state index in [0.29, 0.717) is 6.04 Å². The van der Waals surface area contributed by atoms with Crippen molar-refractivity contribution in [3.05, 3.63) is 23.3 Å². The van der Waals surface area contributed by atoms with Gasteiger partial charge in [-0.25, -0.2) is 0 Å². The first kappa shape index (κ1) is 9.53. The van der Waals surface area contributed by atoms with Crippen LogP contribution >= 0.6 is 0 Å². The Hall–Kier alpha value is -0.560. The lowest BCUT2D eigenvalue weighted by atomic mass is 9.99. The standard InChI is InChI=1S/C9H13N.C2H6/c10-9-6-5-7-3-1-2-4-8(7)9;1-2/h2,4,9H,1,3,5-6,10H2;1-2H3/t9-;/m0./s1. The van der Waals surface area contributed by atoms with E-state index in [-0.39, 0.29) is 0 Å². The van der Waals surface area contributed by atoms with Crippen LogP contribution in [0.4, 0.5) is 0 Å². The molecule has 0 saturated heterocycles. The molecule has 0 unspecified atom stereocenters. The van der Waals surface area contributed by atoms with E-state index in [0.717, 1.165) is 0 Å². The van der Waals surface area contributed by atoms with Crippen molar-refractivity contribution >= 4 is 0 Å². The molecular weight excluding hydrogens is 146 g/mol. The summed E-state index contributed by atoms with van der Waals surface area (Å²) in [5.41, 5.74) is 8.94. The summed E-state index contributed by atoms with van der Waals surface area (Å²) in [4.78, 5) is 0. The maximum absolute atomic E-state index is 5.88. The Kier molecular flexibility index (Phi) is 3.54. The van der Waals surface area contributed by atoms with Crippen LogP contribution in [0.2, 0.25) is 0 Å². The summed E-state index contributed by atoms with van der Waals surface area (Å²) in [6, 6.07) is 0.353. The Balaban J connectivity index is 0.000000336. The lowest BCUT2D eigenvalue weighted by Gasteiger charge is -2.09. The quantitative estimate of drug-likeness (QED) is 0.587. The minimum absolute atomic E-state index is 0.353. The lowest BCUT2D eigenvalue weighted by Crippen LogP contribution is -2.17. The van der Waals surface area contributed by atoms with Crippen molar-refractivity contribution in [2.45, 2.75) is 45.6 Å². The van der Waals surface area contributed by atoms with Crippen molar-refractivity contribution in [1.82, 2.24) is 0 Å². The van der Waals surface area contributed by atoms with Crippen molar-refractivity contribution < 1.29 is 0 Å². The molecule has 0 heterocycles. The van der Waals surface area contributed by atoms with Crippen molar-refractivity contribution in [3.63, 3.8) is 0 Å². The van der Waals surface area contributed by atoms with Gasteiger partial charge in [-0.15, -0.1) is 0 Å². The van der Waals surface area contributed by atoms with E-state index in [4.69, 9.17) is 5.73 Å². The van der Waals surface area contributed by atoms with Gasteiger partial charge in [-0.05, 0) is 31.3 Å². The monoisotopic (exact) mass is 165 g/mol. The Morgan fingerprint density at radius 1 is 1.33 bits per heavy atom. The van der Waals surface area contributed by atoms with Gasteiger partial charge in [0.1, 0.15) is 0 Å². The number of allylic oxidation sites excluding steroid dienone is 2. The molecule has 0 radical (unpaired) electrons. The van der Waals surface area contributed by atoms with Gasteiger partial charge < -0.3 is 5.73 Å². The highest BCUT2D eigenvalue weighted by Crippen LogP contribution is 2.32. The minimum atomic E-state index is 0.353. The second-order valence-electron chi connectivity index (χ2n) is 3.15. The van der Waals surface area contributed by atoms with E-state index in [1.165, 1.54) is 31.3 Å². The number of hydrogen-bond acceptors (Lipinski definition) is 1. The van der Waals surface area contributed by atoms with Crippen LogP contribution < -0.4 is 5.73 Å². The van der Waals surface area contributed by atoms with E-state index in [1.54, 1.807) is 5.57 Å². The Morgan fingerprint density at radius 3 is 2.75 bits per heavy atom. The summed E-state index contributed by atoms with van der Waals surface area (Å²) >= 11 is 0. The second-order valence-corrected chi connectivity index (χ2v) is 3.15. The van der Waals surface area contributed by atoms with Gasteiger partial charge in [0, 0.05) is 6.04 Å². The molecule has 68 valence electrons. The normalized spacial score (nSPS) is 26.4. The van der Waals surface area contributed by atoms with Crippen molar-refractivity contribution in [2.24, 2.45) is 5.73 Å². The van der Waals surface area contributed by atoms with Gasteiger partial charge in [-0.2, -0.15) is 0 Å². The predicted molar refractivity (Wildman–Crippen MR) is 54.0 cm³/mol. The molecule has 0 aromatic carbocycles. The Bertz CT molecular complexity index is 201. The molecule has 0 aromatic rings. The predicted octanol–water partition coefficient (Wildman–Crippen LogP) is 2.78. The molecule has 2 N–H and O–H groups in total. The summed E-state index contributed by atoms with van der Waals surface area (Å²) in [5.74, 6) is 0. The molecule has 0 aliphatic heterocycles. The van der Waals surface area contributed by atoms with Gasteiger partial charge in [0.15, 0.2) is 0 Å². The summed E-state index contributed by atoms with van der Waals surface area (Å²) < 4.78 is 0. The number of rotatable bonds is 0. The smallest absolute Gasteiger partial charge is 0.0297 e. The molecule has 2 aliphatic carbocycles.